The fraction of sp³-hybridized carbons (Fsp3) is 0.364. The number of hydrogen-bond acceptors (Lipinski definition) is 2. The highest BCUT2D eigenvalue weighted by molar-refractivity contribution is 5.85. The molecule has 0 unspecified atom stereocenters. The van der Waals surface area contributed by atoms with Crippen molar-refractivity contribution in [3.63, 3.8) is 0 Å². The summed E-state index contributed by atoms with van der Waals surface area (Å²) in [7, 11) is 0. The lowest BCUT2D eigenvalue weighted by Crippen LogP contribution is -2.07. The van der Waals surface area contributed by atoms with Crippen LogP contribution in [0.5, 0.6) is 0 Å². The molecule has 2 atom stereocenters. The largest absolute Gasteiger partial charge is 0.315 e. The van der Waals surface area contributed by atoms with E-state index in [4.69, 9.17) is 5.26 Å². The molecule has 1 heterocycles. The van der Waals surface area contributed by atoms with Gasteiger partial charge in [-0.3, -0.25) is 0 Å². The summed E-state index contributed by atoms with van der Waals surface area (Å²) in [6.07, 6.45) is 0. The van der Waals surface area contributed by atoms with E-state index < -0.39 is 0 Å². The number of hydrogen-bond donors (Lipinski definition) is 1. The summed E-state index contributed by atoms with van der Waals surface area (Å²) in [4.78, 5) is 0. The number of halogens is 1. The van der Waals surface area contributed by atoms with Crippen LogP contribution in [0.1, 0.15) is 11.5 Å². The number of nitrogens with zero attached hydrogens (tertiary/aromatic N) is 1. The Hall–Kier alpha value is -1.04. The third kappa shape index (κ3) is 2.06. The lowest BCUT2D eigenvalue weighted by Gasteiger charge is -2.11. The van der Waals surface area contributed by atoms with Gasteiger partial charge in [-0.25, -0.2) is 0 Å². The van der Waals surface area contributed by atoms with E-state index in [1.165, 1.54) is 5.56 Å². The number of benzene rings is 1. The Kier molecular flexibility index (Phi) is 3.94. The molecule has 0 bridgehead atoms. The molecule has 0 spiro atoms. The molecule has 74 valence electrons. The molecule has 0 saturated carbocycles. The zero-order valence-electron chi connectivity index (χ0n) is 7.81. The zero-order valence-corrected chi connectivity index (χ0v) is 8.63. The number of rotatable bonds is 1. The maximum Gasteiger partial charge on any atom is 0.0676 e. The summed E-state index contributed by atoms with van der Waals surface area (Å²) in [5.74, 6) is 0.522. The fourth-order valence-electron chi connectivity index (χ4n) is 1.86. The quantitative estimate of drug-likeness (QED) is 0.766. The van der Waals surface area contributed by atoms with Crippen molar-refractivity contribution >= 4 is 12.4 Å². The van der Waals surface area contributed by atoms with Crippen LogP contribution in [0.25, 0.3) is 0 Å². The Balaban J connectivity index is 0.000000980. The molecule has 0 radical (unpaired) electrons. The normalized spacial score (nSPS) is 25.1. The van der Waals surface area contributed by atoms with Gasteiger partial charge in [-0.1, -0.05) is 30.3 Å². The summed E-state index contributed by atoms with van der Waals surface area (Å²) in [6.45, 7) is 1.76. The molecular formula is C11H13ClN2. The highest BCUT2D eigenvalue weighted by Crippen LogP contribution is 2.26. The Morgan fingerprint density at radius 3 is 2.57 bits per heavy atom. The van der Waals surface area contributed by atoms with Gasteiger partial charge in [-0.05, 0) is 5.56 Å². The molecule has 1 aromatic carbocycles. The summed E-state index contributed by atoms with van der Waals surface area (Å²) >= 11 is 0. The van der Waals surface area contributed by atoms with Crippen LogP contribution >= 0.6 is 12.4 Å². The van der Waals surface area contributed by atoms with Gasteiger partial charge in [0.1, 0.15) is 0 Å². The van der Waals surface area contributed by atoms with Gasteiger partial charge < -0.3 is 5.32 Å². The summed E-state index contributed by atoms with van der Waals surface area (Å²) in [5, 5.41) is 12.2. The monoisotopic (exact) mass is 208 g/mol. The van der Waals surface area contributed by atoms with E-state index >= 15 is 0 Å². The summed E-state index contributed by atoms with van der Waals surface area (Å²) in [5.41, 5.74) is 1.28. The molecule has 2 rings (SSSR count). The van der Waals surface area contributed by atoms with Crippen molar-refractivity contribution in [3.8, 4) is 6.07 Å². The number of nitriles is 1. The van der Waals surface area contributed by atoms with Crippen LogP contribution in [0.2, 0.25) is 0 Å². The fourth-order valence-corrected chi connectivity index (χ4v) is 1.86. The molecule has 1 fully saturated rings. The third-order valence-corrected chi connectivity index (χ3v) is 2.61. The first-order chi connectivity index (χ1) is 6.42. The van der Waals surface area contributed by atoms with Crippen LogP contribution in [0.15, 0.2) is 30.3 Å². The highest BCUT2D eigenvalue weighted by atomic mass is 35.5. The predicted octanol–water partition coefficient (Wildman–Crippen LogP) is 1.93. The minimum atomic E-state index is 0. The maximum atomic E-state index is 8.91. The van der Waals surface area contributed by atoms with Crippen LogP contribution in [-0.2, 0) is 0 Å². The Bertz CT molecular complexity index is 318. The molecule has 1 aliphatic rings. The van der Waals surface area contributed by atoms with Crippen molar-refractivity contribution in [2.24, 2.45) is 5.92 Å². The van der Waals surface area contributed by atoms with E-state index in [-0.39, 0.29) is 18.3 Å². The molecule has 2 nitrogen and oxygen atoms in total. The SMILES string of the molecule is Cl.N#C[C@H]1CNC[C@@H]1c1ccccc1. The standard InChI is InChI=1S/C11H12N2.ClH/c12-6-10-7-13-8-11(10)9-4-2-1-3-5-9;/h1-5,10-11,13H,7-8H2;1H/t10-,11+;/m0./s1. The van der Waals surface area contributed by atoms with Crippen LogP contribution in [0, 0.1) is 17.2 Å². The van der Waals surface area contributed by atoms with E-state index in [9.17, 15) is 0 Å². The molecule has 3 heteroatoms. The lowest BCUT2D eigenvalue weighted by atomic mass is 9.90. The molecule has 1 saturated heterocycles. The van der Waals surface area contributed by atoms with E-state index in [0.717, 1.165) is 13.1 Å². The molecule has 1 aromatic rings. The van der Waals surface area contributed by atoms with Gasteiger partial charge in [0.05, 0.1) is 12.0 Å². The Morgan fingerprint density at radius 1 is 1.21 bits per heavy atom. The van der Waals surface area contributed by atoms with Crippen molar-refractivity contribution < 1.29 is 0 Å². The van der Waals surface area contributed by atoms with Crippen molar-refractivity contribution in [1.82, 2.24) is 5.32 Å². The second kappa shape index (κ2) is 4.99. The van der Waals surface area contributed by atoms with E-state index in [2.05, 4.69) is 23.5 Å². The van der Waals surface area contributed by atoms with Gasteiger partial charge in [0.25, 0.3) is 0 Å². The van der Waals surface area contributed by atoms with Gasteiger partial charge in [0, 0.05) is 19.0 Å². The first-order valence-electron chi connectivity index (χ1n) is 4.57. The molecule has 1 aliphatic heterocycles. The number of nitrogens with one attached hydrogen (secondary N) is 1. The highest BCUT2D eigenvalue weighted by Gasteiger charge is 2.27. The Labute approximate surface area is 90.3 Å². The smallest absolute Gasteiger partial charge is 0.0676 e. The Morgan fingerprint density at radius 2 is 1.93 bits per heavy atom. The first-order valence-corrected chi connectivity index (χ1v) is 4.57. The predicted molar refractivity (Wildman–Crippen MR) is 58.4 cm³/mol. The van der Waals surface area contributed by atoms with Crippen molar-refractivity contribution in [1.29, 1.82) is 5.26 Å². The molecule has 0 aromatic heterocycles. The average molecular weight is 209 g/mol. The van der Waals surface area contributed by atoms with Crippen molar-refractivity contribution in [3.05, 3.63) is 35.9 Å². The summed E-state index contributed by atoms with van der Waals surface area (Å²) in [6, 6.07) is 12.6. The average Bonchev–Trinajstić information content (AvgIpc) is 2.67. The van der Waals surface area contributed by atoms with Gasteiger partial charge in [-0.15, -0.1) is 12.4 Å². The van der Waals surface area contributed by atoms with Gasteiger partial charge in [0.2, 0.25) is 0 Å². The van der Waals surface area contributed by atoms with E-state index in [0.29, 0.717) is 5.92 Å². The van der Waals surface area contributed by atoms with Crippen molar-refractivity contribution in [2.75, 3.05) is 13.1 Å². The molecule has 14 heavy (non-hydrogen) atoms. The van der Waals surface area contributed by atoms with Crippen LogP contribution in [-0.4, -0.2) is 13.1 Å². The second-order valence-corrected chi connectivity index (χ2v) is 3.41. The summed E-state index contributed by atoms with van der Waals surface area (Å²) < 4.78 is 0. The van der Waals surface area contributed by atoms with E-state index in [1.807, 2.05) is 18.2 Å². The minimum absolute atomic E-state index is 0. The molecule has 1 N–H and O–H groups in total. The lowest BCUT2D eigenvalue weighted by molar-refractivity contribution is 0.646. The second-order valence-electron chi connectivity index (χ2n) is 3.41. The van der Waals surface area contributed by atoms with Crippen molar-refractivity contribution in [2.45, 2.75) is 5.92 Å². The minimum Gasteiger partial charge on any atom is -0.315 e. The van der Waals surface area contributed by atoms with E-state index in [1.54, 1.807) is 0 Å². The van der Waals surface area contributed by atoms with Gasteiger partial charge in [-0.2, -0.15) is 5.26 Å². The molecule has 0 aliphatic carbocycles. The maximum absolute atomic E-state index is 8.91. The first kappa shape index (κ1) is 11.0. The molecule has 0 amide bonds. The molecular weight excluding hydrogens is 196 g/mol. The van der Waals surface area contributed by atoms with Gasteiger partial charge >= 0.3 is 0 Å². The van der Waals surface area contributed by atoms with Crippen LogP contribution < -0.4 is 5.32 Å². The van der Waals surface area contributed by atoms with Crippen LogP contribution in [0.4, 0.5) is 0 Å². The topological polar surface area (TPSA) is 35.8 Å². The van der Waals surface area contributed by atoms with Gasteiger partial charge in [0.15, 0.2) is 0 Å². The van der Waals surface area contributed by atoms with Crippen LogP contribution in [0.3, 0.4) is 0 Å². The zero-order chi connectivity index (χ0) is 9.10. The third-order valence-electron chi connectivity index (χ3n) is 2.61.